The van der Waals surface area contributed by atoms with Gasteiger partial charge in [0.05, 0.1) is 24.3 Å². The van der Waals surface area contributed by atoms with Crippen LogP contribution in [0.3, 0.4) is 0 Å². The van der Waals surface area contributed by atoms with Crippen LogP contribution in [0, 0.1) is 0 Å². The molecule has 1 aromatic carbocycles. The van der Waals surface area contributed by atoms with Gasteiger partial charge < -0.3 is 14.9 Å². The predicted molar refractivity (Wildman–Crippen MR) is 50.4 cm³/mol. The SMILES string of the molecule is O=C1OC(=O)c2cccc1c2.OCCO. The minimum atomic E-state index is -0.567. The number of aliphatic hydroxyl groups excluding tert-OH is 2. The zero-order valence-corrected chi connectivity index (χ0v) is 7.84. The van der Waals surface area contributed by atoms with E-state index < -0.39 is 11.9 Å². The van der Waals surface area contributed by atoms with Crippen molar-refractivity contribution in [2.75, 3.05) is 13.2 Å². The summed E-state index contributed by atoms with van der Waals surface area (Å²) in [5.74, 6) is -1.13. The summed E-state index contributed by atoms with van der Waals surface area (Å²) < 4.78 is 4.39. The van der Waals surface area contributed by atoms with Crippen LogP contribution in [0.25, 0.3) is 0 Å². The summed E-state index contributed by atoms with van der Waals surface area (Å²) in [5.41, 5.74) is 0.865. The largest absolute Gasteiger partial charge is 0.394 e. The van der Waals surface area contributed by atoms with Gasteiger partial charge in [0, 0.05) is 0 Å². The minimum absolute atomic E-state index is 0.125. The van der Waals surface area contributed by atoms with Crippen molar-refractivity contribution in [3.05, 3.63) is 35.4 Å². The van der Waals surface area contributed by atoms with E-state index in [2.05, 4.69) is 4.74 Å². The standard InChI is InChI=1S/C8H4O3.C2H6O2/c9-7-5-2-1-3-6(4-5)8(10)11-7;3-1-2-4/h1-4H;3-4H,1-2H2. The third kappa shape index (κ3) is 2.87. The van der Waals surface area contributed by atoms with Crippen molar-refractivity contribution < 1.29 is 24.5 Å². The van der Waals surface area contributed by atoms with Crippen molar-refractivity contribution in [2.24, 2.45) is 0 Å². The van der Waals surface area contributed by atoms with Crippen molar-refractivity contribution in [1.82, 2.24) is 0 Å². The third-order valence-corrected chi connectivity index (χ3v) is 1.62. The summed E-state index contributed by atoms with van der Waals surface area (Å²) in [7, 11) is 0. The van der Waals surface area contributed by atoms with Gasteiger partial charge in [-0.25, -0.2) is 9.59 Å². The highest BCUT2D eigenvalue weighted by Gasteiger charge is 2.21. The quantitative estimate of drug-likeness (QED) is 0.502. The number of hydrogen-bond acceptors (Lipinski definition) is 5. The van der Waals surface area contributed by atoms with Gasteiger partial charge in [0.1, 0.15) is 0 Å². The number of benzene rings is 1. The summed E-state index contributed by atoms with van der Waals surface area (Å²) >= 11 is 0. The Bertz CT molecular complexity index is 341. The van der Waals surface area contributed by atoms with Crippen molar-refractivity contribution >= 4 is 11.9 Å². The molecular weight excluding hydrogens is 200 g/mol. The fraction of sp³-hybridized carbons (Fsp3) is 0.200. The molecule has 2 rings (SSSR count). The Labute approximate surface area is 85.9 Å². The molecule has 0 radical (unpaired) electrons. The Morgan fingerprint density at radius 1 is 1.00 bits per heavy atom. The summed E-state index contributed by atoms with van der Waals surface area (Å²) in [5, 5.41) is 15.2. The van der Waals surface area contributed by atoms with Crippen LogP contribution in [0.4, 0.5) is 0 Å². The molecule has 5 nitrogen and oxygen atoms in total. The molecule has 0 unspecified atom stereocenters. The Morgan fingerprint density at radius 2 is 1.47 bits per heavy atom. The molecule has 0 amide bonds. The number of fused-ring (bicyclic) bond motifs is 2. The highest BCUT2D eigenvalue weighted by molar-refractivity contribution is 6.07. The van der Waals surface area contributed by atoms with Gasteiger partial charge in [-0.05, 0) is 18.2 Å². The van der Waals surface area contributed by atoms with E-state index in [0.717, 1.165) is 0 Å². The molecule has 2 bridgehead atoms. The van der Waals surface area contributed by atoms with Crippen LogP contribution in [0.2, 0.25) is 0 Å². The van der Waals surface area contributed by atoms with Crippen LogP contribution in [-0.2, 0) is 4.74 Å². The topological polar surface area (TPSA) is 83.8 Å². The second-order valence-electron chi connectivity index (χ2n) is 2.70. The number of esters is 2. The van der Waals surface area contributed by atoms with Crippen molar-refractivity contribution in [3.8, 4) is 0 Å². The fourth-order valence-corrected chi connectivity index (χ4v) is 0.975. The number of carbonyl (C=O) groups is 2. The van der Waals surface area contributed by atoms with E-state index in [9.17, 15) is 9.59 Å². The van der Waals surface area contributed by atoms with Gasteiger partial charge in [0.15, 0.2) is 0 Å². The van der Waals surface area contributed by atoms with E-state index in [1.165, 1.54) is 6.07 Å². The van der Waals surface area contributed by atoms with E-state index >= 15 is 0 Å². The maximum absolute atomic E-state index is 10.8. The van der Waals surface area contributed by atoms with Crippen LogP contribution in [0.5, 0.6) is 0 Å². The first-order valence-electron chi connectivity index (χ1n) is 4.27. The average molecular weight is 210 g/mol. The molecular formula is C10H10O5. The van der Waals surface area contributed by atoms with Crippen molar-refractivity contribution in [3.63, 3.8) is 0 Å². The summed E-state index contributed by atoms with van der Waals surface area (Å²) in [4.78, 5) is 21.7. The van der Waals surface area contributed by atoms with Crippen LogP contribution in [-0.4, -0.2) is 35.4 Å². The van der Waals surface area contributed by atoms with E-state index in [1.807, 2.05) is 0 Å². The summed E-state index contributed by atoms with van der Waals surface area (Å²) in [6, 6.07) is 6.40. The molecule has 2 N–H and O–H groups in total. The molecule has 0 fully saturated rings. The summed E-state index contributed by atoms with van der Waals surface area (Å²) in [6.07, 6.45) is 0. The number of ether oxygens (including phenoxy) is 1. The van der Waals surface area contributed by atoms with Gasteiger partial charge in [-0.1, -0.05) is 6.07 Å². The van der Waals surface area contributed by atoms with Gasteiger partial charge in [-0.3, -0.25) is 0 Å². The van der Waals surface area contributed by atoms with Gasteiger partial charge in [0.25, 0.3) is 0 Å². The number of aliphatic hydroxyl groups is 2. The Morgan fingerprint density at radius 3 is 1.87 bits per heavy atom. The van der Waals surface area contributed by atoms with E-state index in [0.29, 0.717) is 11.1 Å². The Balaban J connectivity index is 0.000000245. The second kappa shape index (κ2) is 5.23. The lowest BCUT2D eigenvalue weighted by atomic mass is 10.1. The van der Waals surface area contributed by atoms with Crippen molar-refractivity contribution in [1.29, 1.82) is 0 Å². The number of rotatable bonds is 1. The average Bonchev–Trinajstić information content (AvgIpc) is 2.28. The lowest BCUT2D eigenvalue weighted by Gasteiger charge is -2.09. The second-order valence-corrected chi connectivity index (χ2v) is 2.70. The Kier molecular flexibility index (Phi) is 3.96. The zero-order chi connectivity index (χ0) is 11.3. The van der Waals surface area contributed by atoms with Crippen LogP contribution in [0.1, 0.15) is 20.7 Å². The highest BCUT2D eigenvalue weighted by atomic mass is 16.6. The predicted octanol–water partition coefficient (Wildman–Crippen LogP) is -0.0318. The molecule has 0 aliphatic carbocycles. The maximum Gasteiger partial charge on any atom is 0.346 e. The molecule has 0 spiro atoms. The van der Waals surface area contributed by atoms with E-state index in [4.69, 9.17) is 10.2 Å². The molecule has 0 aromatic heterocycles. The molecule has 0 saturated heterocycles. The molecule has 0 saturated carbocycles. The molecule has 1 heterocycles. The van der Waals surface area contributed by atoms with Gasteiger partial charge >= 0.3 is 11.9 Å². The number of cyclic esters (lactones) is 2. The first-order chi connectivity index (χ1) is 7.19. The molecule has 0 atom stereocenters. The minimum Gasteiger partial charge on any atom is -0.394 e. The molecule has 1 aliphatic rings. The molecule has 15 heavy (non-hydrogen) atoms. The lowest BCUT2D eigenvalue weighted by molar-refractivity contribution is 0.0385. The monoisotopic (exact) mass is 210 g/mol. The van der Waals surface area contributed by atoms with Crippen LogP contribution < -0.4 is 0 Å². The number of hydrogen-bond donors (Lipinski definition) is 2. The molecule has 1 aromatic rings. The van der Waals surface area contributed by atoms with Crippen LogP contribution >= 0.6 is 0 Å². The first kappa shape index (κ1) is 11.4. The summed E-state index contributed by atoms with van der Waals surface area (Å²) in [6.45, 7) is -0.250. The van der Waals surface area contributed by atoms with Gasteiger partial charge in [-0.2, -0.15) is 0 Å². The molecule has 80 valence electrons. The van der Waals surface area contributed by atoms with Crippen LogP contribution in [0.15, 0.2) is 24.3 Å². The Hall–Kier alpha value is -1.72. The van der Waals surface area contributed by atoms with E-state index in [-0.39, 0.29) is 13.2 Å². The molecule has 1 aliphatic heterocycles. The smallest absolute Gasteiger partial charge is 0.346 e. The lowest BCUT2D eigenvalue weighted by Crippen LogP contribution is -2.18. The van der Waals surface area contributed by atoms with Gasteiger partial charge in [-0.15, -0.1) is 0 Å². The van der Waals surface area contributed by atoms with E-state index in [1.54, 1.807) is 18.2 Å². The maximum atomic E-state index is 10.8. The highest BCUT2D eigenvalue weighted by Crippen LogP contribution is 2.14. The first-order valence-corrected chi connectivity index (χ1v) is 4.27. The third-order valence-electron chi connectivity index (χ3n) is 1.62. The fourth-order valence-electron chi connectivity index (χ4n) is 0.975. The number of carbonyl (C=O) groups excluding carboxylic acids is 2. The van der Waals surface area contributed by atoms with Crippen molar-refractivity contribution in [2.45, 2.75) is 0 Å². The normalized spacial score (nSPS) is 12.7. The van der Waals surface area contributed by atoms with Gasteiger partial charge in [0.2, 0.25) is 0 Å². The molecule has 5 heteroatoms. The zero-order valence-electron chi connectivity index (χ0n) is 7.84.